The Hall–Kier alpha value is -0.416. The highest BCUT2D eigenvalue weighted by molar-refractivity contribution is 6.84. The molecule has 0 fully saturated rings. The van der Waals surface area contributed by atoms with Crippen LogP contribution in [0.15, 0.2) is 24.3 Å². The minimum Gasteiger partial charge on any atom is -0.308 e. The SMILES string of the molecule is C[Si](C)c1ccc([Si](C)(C)F)cc1. The molecule has 0 amide bonds. The molecule has 0 aliphatic heterocycles. The molecule has 0 unspecified atom stereocenters. The van der Waals surface area contributed by atoms with Crippen molar-refractivity contribution in [3.8, 4) is 0 Å². The first-order valence-corrected chi connectivity index (χ1v) is 9.89. The molecule has 3 heteroatoms. The second kappa shape index (κ2) is 3.76. The van der Waals surface area contributed by atoms with Crippen molar-refractivity contribution in [2.75, 3.05) is 0 Å². The molecule has 0 atom stereocenters. The molecular formula is C10H16FSi2. The van der Waals surface area contributed by atoms with Gasteiger partial charge >= 0.3 is 0 Å². The Labute approximate surface area is 82.6 Å². The molecule has 0 bridgehead atoms. The first kappa shape index (κ1) is 10.7. The zero-order valence-electron chi connectivity index (χ0n) is 8.69. The molecule has 0 spiro atoms. The Kier molecular flexibility index (Phi) is 3.08. The molecule has 1 radical (unpaired) electrons. The van der Waals surface area contributed by atoms with Gasteiger partial charge in [-0.05, 0) is 18.3 Å². The number of halogens is 1. The van der Waals surface area contributed by atoms with Gasteiger partial charge in [0.05, 0.1) is 8.80 Å². The van der Waals surface area contributed by atoms with E-state index in [-0.39, 0.29) is 8.80 Å². The monoisotopic (exact) mass is 211 g/mol. The van der Waals surface area contributed by atoms with Gasteiger partial charge in [-0.2, -0.15) is 0 Å². The summed E-state index contributed by atoms with van der Waals surface area (Å²) in [7, 11) is -2.96. The lowest BCUT2D eigenvalue weighted by molar-refractivity contribution is 0.822. The Balaban J connectivity index is 2.94. The lowest BCUT2D eigenvalue weighted by Gasteiger charge is -2.12. The summed E-state index contributed by atoms with van der Waals surface area (Å²) in [5.74, 6) is 0. The minimum atomic E-state index is -2.58. The van der Waals surface area contributed by atoms with Crippen molar-refractivity contribution in [1.82, 2.24) is 0 Å². The molecule has 1 rings (SSSR count). The molecule has 1 aromatic rings. The molecule has 0 aromatic heterocycles. The predicted octanol–water partition coefficient (Wildman–Crippen LogP) is 2.03. The van der Waals surface area contributed by atoms with Crippen LogP contribution in [0, 0.1) is 0 Å². The number of rotatable bonds is 2. The zero-order valence-corrected chi connectivity index (χ0v) is 10.7. The fraction of sp³-hybridized carbons (Fsp3) is 0.400. The zero-order chi connectivity index (χ0) is 10.1. The number of hydrogen-bond acceptors (Lipinski definition) is 0. The van der Waals surface area contributed by atoms with E-state index in [0.717, 1.165) is 5.19 Å². The van der Waals surface area contributed by atoms with Crippen molar-refractivity contribution in [2.45, 2.75) is 26.2 Å². The maximum Gasteiger partial charge on any atom is 0.271 e. The van der Waals surface area contributed by atoms with Crippen LogP contribution in [-0.2, 0) is 0 Å². The normalized spacial score (nSPS) is 12.2. The summed E-state index contributed by atoms with van der Waals surface area (Å²) in [4.78, 5) is 0. The van der Waals surface area contributed by atoms with Gasteiger partial charge in [0.15, 0.2) is 0 Å². The fourth-order valence-electron chi connectivity index (χ4n) is 1.20. The standard InChI is InChI=1S/C10H16FSi2/c1-12(2)9-5-7-10(8-6-9)13(3,4)11/h5-8H,1-4H3. The molecule has 1 aromatic carbocycles. The second-order valence-electron chi connectivity index (χ2n) is 4.05. The van der Waals surface area contributed by atoms with E-state index in [1.807, 2.05) is 12.1 Å². The van der Waals surface area contributed by atoms with Crippen molar-refractivity contribution in [3.05, 3.63) is 24.3 Å². The molecule has 0 saturated heterocycles. The van der Waals surface area contributed by atoms with Gasteiger partial charge in [-0.15, -0.1) is 0 Å². The average molecular weight is 211 g/mol. The molecular weight excluding hydrogens is 195 g/mol. The summed E-state index contributed by atoms with van der Waals surface area (Å²) in [6.07, 6.45) is 0. The van der Waals surface area contributed by atoms with E-state index in [0.29, 0.717) is 0 Å². The van der Waals surface area contributed by atoms with Crippen LogP contribution < -0.4 is 10.4 Å². The summed E-state index contributed by atoms with van der Waals surface area (Å²) in [6, 6.07) is 8.08. The molecule has 0 aliphatic rings. The van der Waals surface area contributed by atoms with Gasteiger partial charge < -0.3 is 4.11 Å². The van der Waals surface area contributed by atoms with Crippen molar-refractivity contribution in [2.24, 2.45) is 0 Å². The van der Waals surface area contributed by atoms with Crippen LogP contribution >= 0.6 is 0 Å². The third-order valence-electron chi connectivity index (χ3n) is 2.15. The molecule has 0 aliphatic carbocycles. The summed E-state index contributed by atoms with van der Waals surface area (Å²) in [5.41, 5.74) is 0. The van der Waals surface area contributed by atoms with Gasteiger partial charge in [-0.1, -0.05) is 42.5 Å². The highest BCUT2D eigenvalue weighted by atomic mass is 28.4. The van der Waals surface area contributed by atoms with Crippen LogP contribution in [-0.4, -0.2) is 17.2 Å². The fourth-order valence-corrected chi connectivity index (χ4v) is 2.99. The van der Waals surface area contributed by atoms with Gasteiger partial charge in [0, 0.05) is 0 Å². The Bertz CT molecular complexity index is 272. The first-order valence-electron chi connectivity index (χ1n) is 4.51. The van der Waals surface area contributed by atoms with E-state index in [2.05, 4.69) is 25.2 Å². The molecule has 71 valence electrons. The molecule has 0 nitrogen and oxygen atoms in total. The molecule has 0 saturated carbocycles. The molecule has 0 heterocycles. The Morgan fingerprint density at radius 2 is 1.54 bits per heavy atom. The minimum absolute atomic E-state index is 0.381. The van der Waals surface area contributed by atoms with Crippen molar-refractivity contribution >= 4 is 27.6 Å². The van der Waals surface area contributed by atoms with Crippen LogP contribution in [0.4, 0.5) is 4.11 Å². The van der Waals surface area contributed by atoms with Crippen molar-refractivity contribution in [1.29, 1.82) is 0 Å². The van der Waals surface area contributed by atoms with E-state index in [9.17, 15) is 4.11 Å². The van der Waals surface area contributed by atoms with E-state index in [4.69, 9.17) is 0 Å². The third-order valence-corrected chi connectivity index (χ3v) is 5.34. The summed E-state index contributed by atoms with van der Waals surface area (Å²) in [6.45, 7) is 7.95. The highest BCUT2D eigenvalue weighted by Gasteiger charge is 2.22. The van der Waals surface area contributed by atoms with E-state index >= 15 is 0 Å². The Morgan fingerprint density at radius 3 is 1.85 bits per heavy atom. The van der Waals surface area contributed by atoms with Crippen LogP contribution in [0.2, 0.25) is 26.2 Å². The van der Waals surface area contributed by atoms with E-state index in [1.165, 1.54) is 5.19 Å². The Morgan fingerprint density at radius 1 is 1.08 bits per heavy atom. The maximum absolute atomic E-state index is 13.6. The lowest BCUT2D eigenvalue weighted by Crippen LogP contribution is -2.37. The van der Waals surface area contributed by atoms with Crippen LogP contribution in [0.1, 0.15) is 0 Å². The molecule has 13 heavy (non-hydrogen) atoms. The van der Waals surface area contributed by atoms with Crippen molar-refractivity contribution in [3.63, 3.8) is 0 Å². The first-order chi connectivity index (χ1) is 5.91. The van der Waals surface area contributed by atoms with E-state index < -0.39 is 8.41 Å². The second-order valence-corrected chi connectivity index (χ2v) is 10.1. The summed E-state index contributed by atoms with van der Waals surface area (Å²) in [5, 5.41) is 2.28. The number of hydrogen-bond donors (Lipinski definition) is 0. The van der Waals surface area contributed by atoms with Gasteiger partial charge in [0.1, 0.15) is 0 Å². The summed E-state index contributed by atoms with van der Waals surface area (Å²) < 4.78 is 13.6. The van der Waals surface area contributed by atoms with Gasteiger partial charge in [-0.3, -0.25) is 0 Å². The lowest BCUT2D eigenvalue weighted by atomic mass is 10.4. The van der Waals surface area contributed by atoms with Crippen LogP contribution in [0.3, 0.4) is 0 Å². The summed E-state index contributed by atoms with van der Waals surface area (Å²) >= 11 is 0. The topological polar surface area (TPSA) is 0 Å². The number of benzene rings is 1. The van der Waals surface area contributed by atoms with Crippen LogP contribution in [0.5, 0.6) is 0 Å². The van der Waals surface area contributed by atoms with Crippen molar-refractivity contribution < 1.29 is 4.11 Å². The highest BCUT2D eigenvalue weighted by Crippen LogP contribution is 2.03. The predicted molar refractivity (Wildman–Crippen MR) is 61.8 cm³/mol. The largest absolute Gasteiger partial charge is 0.308 e. The van der Waals surface area contributed by atoms with Gasteiger partial charge in [-0.25, -0.2) is 0 Å². The average Bonchev–Trinajstić information content (AvgIpc) is 2.03. The van der Waals surface area contributed by atoms with Gasteiger partial charge in [0.2, 0.25) is 0 Å². The smallest absolute Gasteiger partial charge is 0.271 e. The molecule has 0 N–H and O–H groups in total. The maximum atomic E-state index is 13.6. The van der Waals surface area contributed by atoms with E-state index in [1.54, 1.807) is 13.1 Å². The quantitative estimate of drug-likeness (QED) is 0.519. The third kappa shape index (κ3) is 2.77. The van der Waals surface area contributed by atoms with Gasteiger partial charge in [0.25, 0.3) is 8.41 Å². The van der Waals surface area contributed by atoms with Crippen LogP contribution in [0.25, 0.3) is 0 Å².